The van der Waals surface area contributed by atoms with Gasteiger partial charge in [-0.05, 0) is 12.8 Å². The highest BCUT2D eigenvalue weighted by Crippen LogP contribution is 2.15. The number of hydrogen-bond donors (Lipinski definition) is 1. The smallest absolute Gasteiger partial charge is 0.159 e. The van der Waals surface area contributed by atoms with Gasteiger partial charge in [-0.25, -0.2) is 0 Å². The van der Waals surface area contributed by atoms with Crippen LogP contribution >= 0.6 is 0 Å². The first-order chi connectivity index (χ1) is 7.15. The molecule has 0 fully saturated rings. The quantitative estimate of drug-likeness (QED) is 0.541. The first kappa shape index (κ1) is 11.8. The predicted octanol–water partition coefficient (Wildman–Crippen LogP) is 0.908. The Morgan fingerprint density at radius 3 is 2.47 bits per heavy atom. The van der Waals surface area contributed by atoms with E-state index in [0.29, 0.717) is 12.8 Å². The van der Waals surface area contributed by atoms with Crippen molar-refractivity contribution in [3.05, 3.63) is 24.3 Å². The lowest BCUT2D eigenvalue weighted by Crippen LogP contribution is -2.17. The fourth-order valence-electron chi connectivity index (χ4n) is 1.43. The number of carbonyl (C=O) groups is 1. The van der Waals surface area contributed by atoms with Crippen LogP contribution in [0, 0.1) is 0 Å². The molecule has 1 aliphatic rings. The van der Waals surface area contributed by atoms with Crippen LogP contribution in [0.4, 0.5) is 0 Å². The Bertz CT molecular complexity index is 270. The maximum atomic E-state index is 11.5. The third-order valence-electron chi connectivity index (χ3n) is 2.36. The lowest BCUT2D eigenvalue weighted by atomic mass is 10.2. The monoisotopic (exact) mass is 210 g/mol. The van der Waals surface area contributed by atoms with Crippen LogP contribution in [0.1, 0.15) is 19.3 Å². The number of carbonyl (C=O) groups excluding carboxylic acids is 1. The minimum Gasteiger partial charge on any atom is -0.396 e. The van der Waals surface area contributed by atoms with E-state index in [1.807, 2.05) is 36.3 Å². The fraction of sp³-hybridized carbons (Fsp3) is 0.545. The number of unbranched alkanes of at least 4 members (excludes halogenated alkanes) is 1. The average molecular weight is 210 g/mol. The molecule has 84 valence electrons. The SMILES string of the molecule is CN1C=CN(C)C1=CC(=O)CCCCO. The molecule has 0 amide bonds. The van der Waals surface area contributed by atoms with Gasteiger partial charge in [0.1, 0.15) is 5.82 Å². The van der Waals surface area contributed by atoms with E-state index >= 15 is 0 Å². The first-order valence-corrected chi connectivity index (χ1v) is 5.14. The van der Waals surface area contributed by atoms with Gasteiger partial charge < -0.3 is 14.9 Å². The topological polar surface area (TPSA) is 43.8 Å². The Labute approximate surface area is 90.5 Å². The van der Waals surface area contributed by atoms with Crippen molar-refractivity contribution < 1.29 is 9.90 Å². The molecule has 0 saturated heterocycles. The van der Waals surface area contributed by atoms with Crippen molar-refractivity contribution in [2.24, 2.45) is 0 Å². The number of aliphatic hydroxyl groups excluding tert-OH is 1. The summed E-state index contributed by atoms with van der Waals surface area (Å²) in [5, 5.41) is 8.59. The summed E-state index contributed by atoms with van der Waals surface area (Å²) in [6, 6.07) is 0. The Morgan fingerprint density at radius 1 is 1.33 bits per heavy atom. The third kappa shape index (κ3) is 3.40. The van der Waals surface area contributed by atoms with E-state index in [4.69, 9.17) is 5.11 Å². The van der Waals surface area contributed by atoms with Crippen LogP contribution in [0.2, 0.25) is 0 Å². The summed E-state index contributed by atoms with van der Waals surface area (Å²) in [4.78, 5) is 15.3. The van der Waals surface area contributed by atoms with Crippen LogP contribution in [0.25, 0.3) is 0 Å². The van der Waals surface area contributed by atoms with Crippen molar-refractivity contribution in [3.8, 4) is 0 Å². The van der Waals surface area contributed by atoms with Crippen LogP contribution in [-0.2, 0) is 4.79 Å². The van der Waals surface area contributed by atoms with Gasteiger partial charge in [0.15, 0.2) is 5.78 Å². The van der Waals surface area contributed by atoms with Gasteiger partial charge in [0.05, 0.1) is 0 Å². The normalized spacial score (nSPS) is 15.0. The summed E-state index contributed by atoms with van der Waals surface area (Å²) in [5.41, 5.74) is 0. The minimum absolute atomic E-state index is 0.112. The number of rotatable bonds is 5. The highest BCUT2D eigenvalue weighted by Gasteiger charge is 2.13. The summed E-state index contributed by atoms with van der Waals surface area (Å²) < 4.78 is 0. The number of hydrogen-bond acceptors (Lipinski definition) is 4. The molecule has 1 heterocycles. The number of nitrogens with zero attached hydrogens (tertiary/aromatic N) is 2. The van der Waals surface area contributed by atoms with Crippen LogP contribution in [0.5, 0.6) is 0 Å². The van der Waals surface area contributed by atoms with E-state index < -0.39 is 0 Å². The van der Waals surface area contributed by atoms with Crippen LogP contribution in [0.3, 0.4) is 0 Å². The second-order valence-corrected chi connectivity index (χ2v) is 3.67. The molecule has 0 aromatic carbocycles. The van der Waals surface area contributed by atoms with Crippen molar-refractivity contribution in [1.29, 1.82) is 0 Å². The molecule has 0 radical (unpaired) electrons. The molecule has 0 aromatic rings. The molecule has 0 aromatic heterocycles. The molecule has 0 bridgehead atoms. The summed E-state index contributed by atoms with van der Waals surface area (Å²) in [6.07, 6.45) is 7.42. The van der Waals surface area contributed by atoms with Crippen LogP contribution < -0.4 is 0 Å². The molecular formula is C11H18N2O2. The largest absolute Gasteiger partial charge is 0.396 e. The summed E-state index contributed by atoms with van der Waals surface area (Å²) in [6.45, 7) is 0.158. The maximum absolute atomic E-state index is 11.5. The second kappa shape index (κ2) is 5.56. The van der Waals surface area contributed by atoms with E-state index in [-0.39, 0.29) is 12.4 Å². The van der Waals surface area contributed by atoms with E-state index in [0.717, 1.165) is 12.2 Å². The van der Waals surface area contributed by atoms with E-state index in [1.165, 1.54) is 0 Å². The molecule has 4 nitrogen and oxygen atoms in total. The standard InChI is InChI=1S/C11H18N2O2/c1-12-6-7-13(2)11(12)9-10(15)5-3-4-8-14/h6-7,9,14H,3-5,8H2,1-2H3. The van der Waals surface area contributed by atoms with Crippen molar-refractivity contribution in [2.45, 2.75) is 19.3 Å². The molecule has 15 heavy (non-hydrogen) atoms. The first-order valence-electron chi connectivity index (χ1n) is 5.14. The van der Waals surface area contributed by atoms with Gasteiger partial charge in [0.2, 0.25) is 0 Å². The van der Waals surface area contributed by atoms with E-state index in [1.54, 1.807) is 6.08 Å². The van der Waals surface area contributed by atoms with Gasteiger partial charge in [-0.1, -0.05) is 0 Å². The molecule has 0 unspecified atom stereocenters. The molecular weight excluding hydrogens is 192 g/mol. The zero-order valence-electron chi connectivity index (χ0n) is 9.31. The van der Waals surface area contributed by atoms with Crippen molar-refractivity contribution in [2.75, 3.05) is 20.7 Å². The van der Waals surface area contributed by atoms with Gasteiger partial charge >= 0.3 is 0 Å². The Balaban J connectivity index is 2.45. The van der Waals surface area contributed by atoms with Crippen molar-refractivity contribution in [1.82, 2.24) is 9.80 Å². The Kier molecular flexibility index (Phi) is 4.37. The van der Waals surface area contributed by atoms with Gasteiger partial charge in [-0.15, -0.1) is 0 Å². The molecule has 0 saturated carbocycles. The zero-order valence-corrected chi connectivity index (χ0v) is 9.31. The Morgan fingerprint density at radius 2 is 1.93 bits per heavy atom. The zero-order chi connectivity index (χ0) is 11.3. The van der Waals surface area contributed by atoms with Gasteiger partial charge in [0.25, 0.3) is 0 Å². The van der Waals surface area contributed by atoms with Gasteiger partial charge in [-0.2, -0.15) is 0 Å². The summed E-state index contributed by atoms with van der Waals surface area (Å²) in [5.74, 6) is 1.00. The average Bonchev–Trinajstić information content (AvgIpc) is 2.50. The van der Waals surface area contributed by atoms with Crippen molar-refractivity contribution in [3.63, 3.8) is 0 Å². The molecule has 0 aliphatic carbocycles. The Hall–Kier alpha value is -1.29. The minimum atomic E-state index is 0.112. The highest BCUT2D eigenvalue weighted by atomic mass is 16.2. The number of ketones is 1. The lowest BCUT2D eigenvalue weighted by molar-refractivity contribution is -0.114. The molecule has 0 atom stereocenters. The summed E-state index contributed by atoms with van der Waals surface area (Å²) in [7, 11) is 3.82. The molecule has 1 rings (SSSR count). The highest BCUT2D eigenvalue weighted by molar-refractivity contribution is 5.90. The van der Waals surface area contributed by atoms with Crippen molar-refractivity contribution >= 4 is 5.78 Å². The third-order valence-corrected chi connectivity index (χ3v) is 2.36. The maximum Gasteiger partial charge on any atom is 0.159 e. The predicted molar refractivity (Wildman–Crippen MR) is 58.7 cm³/mol. The lowest BCUT2D eigenvalue weighted by Gasteiger charge is -2.17. The van der Waals surface area contributed by atoms with Gasteiger partial charge in [0, 0.05) is 45.6 Å². The fourth-order valence-corrected chi connectivity index (χ4v) is 1.43. The molecule has 0 spiro atoms. The van der Waals surface area contributed by atoms with Gasteiger partial charge in [-0.3, -0.25) is 4.79 Å². The number of aliphatic hydroxyl groups is 1. The van der Waals surface area contributed by atoms with Crippen LogP contribution in [-0.4, -0.2) is 41.4 Å². The van der Waals surface area contributed by atoms with Crippen LogP contribution in [0.15, 0.2) is 24.3 Å². The second-order valence-electron chi connectivity index (χ2n) is 3.67. The van der Waals surface area contributed by atoms with E-state index in [2.05, 4.69) is 0 Å². The molecule has 4 heteroatoms. The number of allylic oxidation sites excluding steroid dienone is 1. The van der Waals surface area contributed by atoms with E-state index in [9.17, 15) is 4.79 Å². The molecule has 1 N–H and O–H groups in total. The summed E-state index contributed by atoms with van der Waals surface area (Å²) >= 11 is 0. The molecule has 1 aliphatic heterocycles.